The number of anilines is 1. The smallest absolute Gasteiger partial charge is 0.235 e. The van der Waals surface area contributed by atoms with Gasteiger partial charge in [0.05, 0.1) is 16.0 Å². The predicted octanol–water partition coefficient (Wildman–Crippen LogP) is 6.27. The molecular weight excluding hydrogens is 461 g/mol. The number of rotatable bonds is 6. The molecule has 4 nitrogen and oxygen atoms in total. The van der Waals surface area contributed by atoms with Gasteiger partial charge < -0.3 is 5.32 Å². The van der Waals surface area contributed by atoms with Crippen molar-refractivity contribution in [1.29, 1.82) is 0 Å². The molecule has 0 unspecified atom stereocenters. The molecule has 2 aromatic heterocycles. The van der Waals surface area contributed by atoms with Crippen molar-refractivity contribution in [2.45, 2.75) is 24.8 Å². The van der Waals surface area contributed by atoms with Crippen molar-refractivity contribution in [3.8, 4) is 10.6 Å². The van der Waals surface area contributed by atoms with Gasteiger partial charge in [0, 0.05) is 28.4 Å². The lowest BCUT2D eigenvalue weighted by Gasteiger charge is -2.25. The zero-order valence-electron chi connectivity index (χ0n) is 17.6. The minimum absolute atomic E-state index is 0.0624. The van der Waals surface area contributed by atoms with E-state index in [0.29, 0.717) is 0 Å². The first-order valence-electron chi connectivity index (χ1n) is 10.5. The van der Waals surface area contributed by atoms with E-state index in [-0.39, 0.29) is 17.5 Å². The van der Waals surface area contributed by atoms with Gasteiger partial charge in [-0.3, -0.25) is 9.69 Å². The molecule has 0 aliphatic carbocycles. The van der Waals surface area contributed by atoms with E-state index in [1.807, 2.05) is 18.2 Å². The quantitative estimate of drug-likeness (QED) is 0.328. The number of aromatic nitrogens is 1. The van der Waals surface area contributed by atoms with Gasteiger partial charge in [0.15, 0.2) is 0 Å². The number of halogens is 1. The van der Waals surface area contributed by atoms with Crippen LogP contribution in [-0.4, -0.2) is 34.6 Å². The highest BCUT2D eigenvalue weighted by Crippen LogP contribution is 2.45. The molecular formula is C24H22FN3OS3. The van der Waals surface area contributed by atoms with Crippen LogP contribution in [0, 0.1) is 5.82 Å². The molecule has 1 aliphatic rings. The first-order valence-corrected chi connectivity index (χ1v) is 13.1. The molecule has 0 spiro atoms. The van der Waals surface area contributed by atoms with Gasteiger partial charge in [0.25, 0.3) is 0 Å². The number of hydrogen-bond donors (Lipinski definition) is 1. The summed E-state index contributed by atoms with van der Waals surface area (Å²) in [5.74, 6) is -0.0635. The molecule has 0 saturated heterocycles. The number of benzene rings is 2. The van der Waals surface area contributed by atoms with Crippen LogP contribution in [-0.2, 0) is 17.8 Å². The molecule has 3 heterocycles. The van der Waals surface area contributed by atoms with Crippen molar-refractivity contribution >= 4 is 55.6 Å². The first-order chi connectivity index (χ1) is 15.6. The average molecular weight is 484 g/mol. The minimum atomic E-state index is -0.274. The van der Waals surface area contributed by atoms with Crippen molar-refractivity contribution in [2.24, 2.45) is 0 Å². The Labute approximate surface area is 198 Å². The Kier molecular flexibility index (Phi) is 6.28. The van der Waals surface area contributed by atoms with E-state index in [4.69, 9.17) is 4.98 Å². The molecule has 1 amide bonds. The summed E-state index contributed by atoms with van der Waals surface area (Å²) in [6.07, 6.45) is 0.963. The fourth-order valence-corrected chi connectivity index (χ4v) is 6.98. The summed E-state index contributed by atoms with van der Waals surface area (Å²) in [4.78, 5) is 22.3. The molecule has 0 fully saturated rings. The number of nitrogens with zero attached hydrogens (tertiary/aromatic N) is 2. The maximum Gasteiger partial charge on any atom is 0.235 e. The average Bonchev–Trinajstić information content (AvgIpc) is 3.38. The topological polar surface area (TPSA) is 45.2 Å². The number of nitrogens with one attached hydrogen (secondary N) is 1. The van der Waals surface area contributed by atoms with Crippen LogP contribution >= 0.6 is 34.4 Å². The van der Waals surface area contributed by atoms with Crippen LogP contribution in [0.2, 0.25) is 0 Å². The van der Waals surface area contributed by atoms with Gasteiger partial charge in [-0.2, -0.15) is 0 Å². The van der Waals surface area contributed by atoms with E-state index < -0.39 is 0 Å². The predicted molar refractivity (Wildman–Crippen MR) is 133 cm³/mol. The van der Waals surface area contributed by atoms with Crippen LogP contribution in [0.15, 0.2) is 53.4 Å². The zero-order valence-corrected chi connectivity index (χ0v) is 20.0. The summed E-state index contributed by atoms with van der Waals surface area (Å²) >= 11 is 4.75. The number of fused-ring (bicyclic) bond motifs is 2. The fraction of sp³-hybridized carbons (Fsp3) is 0.250. The molecule has 0 atom stereocenters. The number of carbonyl (C=O) groups is 1. The highest BCUT2D eigenvalue weighted by atomic mass is 32.2. The van der Waals surface area contributed by atoms with Gasteiger partial charge >= 0.3 is 0 Å². The van der Waals surface area contributed by atoms with E-state index in [9.17, 15) is 9.18 Å². The molecule has 1 aliphatic heterocycles. The third-order valence-electron chi connectivity index (χ3n) is 5.53. The van der Waals surface area contributed by atoms with Gasteiger partial charge in [0.1, 0.15) is 15.8 Å². The lowest BCUT2D eigenvalue weighted by Crippen LogP contribution is -2.29. The number of thiazole rings is 1. The van der Waals surface area contributed by atoms with E-state index >= 15 is 0 Å². The SMILES string of the molecule is CCN1CCc2c(sc(NC(=O)CSc3ccc(F)cc3)c2-c2nc3ccccc3s2)C1. The second kappa shape index (κ2) is 9.31. The van der Waals surface area contributed by atoms with Crippen molar-refractivity contribution in [2.75, 3.05) is 24.2 Å². The number of para-hydroxylation sites is 1. The van der Waals surface area contributed by atoms with Crippen LogP contribution in [0.25, 0.3) is 20.8 Å². The number of likely N-dealkylation sites (N-methyl/N-ethyl adjacent to an activating group) is 1. The highest BCUT2D eigenvalue weighted by molar-refractivity contribution is 8.00. The highest BCUT2D eigenvalue weighted by Gasteiger charge is 2.27. The number of carbonyl (C=O) groups excluding carboxylic acids is 1. The van der Waals surface area contributed by atoms with Crippen molar-refractivity contribution in [3.05, 3.63) is 64.8 Å². The third-order valence-corrected chi connectivity index (χ3v) is 8.73. The lowest BCUT2D eigenvalue weighted by molar-refractivity contribution is -0.113. The molecule has 1 N–H and O–H groups in total. The number of thioether (sulfide) groups is 1. The largest absolute Gasteiger partial charge is 0.316 e. The molecule has 8 heteroatoms. The Hall–Kier alpha value is -2.26. The zero-order chi connectivity index (χ0) is 22.1. The van der Waals surface area contributed by atoms with Gasteiger partial charge in [-0.1, -0.05) is 19.1 Å². The Balaban J connectivity index is 1.43. The van der Waals surface area contributed by atoms with E-state index in [1.54, 1.807) is 34.8 Å². The summed E-state index contributed by atoms with van der Waals surface area (Å²) < 4.78 is 14.3. The lowest BCUT2D eigenvalue weighted by atomic mass is 10.0. The van der Waals surface area contributed by atoms with Gasteiger partial charge in [0.2, 0.25) is 5.91 Å². The van der Waals surface area contributed by atoms with Gasteiger partial charge in [-0.05, 0) is 54.9 Å². The molecule has 0 saturated carbocycles. The number of thiophene rings is 1. The second-order valence-corrected chi connectivity index (χ2v) is 10.8. The summed E-state index contributed by atoms with van der Waals surface area (Å²) in [6, 6.07) is 14.4. The third kappa shape index (κ3) is 4.45. The maximum absolute atomic E-state index is 13.1. The van der Waals surface area contributed by atoms with Gasteiger partial charge in [-0.25, -0.2) is 9.37 Å². The minimum Gasteiger partial charge on any atom is -0.316 e. The van der Waals surface area contributed by atoms with Crippen molar-refractivity contribution < 1.29 is 9.18 Å². The molecule has 5 rings (SSSR count). The van der Waals surface area contributed by atoms with E-state index in [2.05, 4.69) is 23.2 Å². The molecule has 2 aromatic carbocycles. The normalized spacial score (nSPS) is 13.9. The van der Waals surface area contributed by atoms with Gasteiger partial charge in [-0.15, -0.1) is 34.4 Å². The molecule has 0 radical (unpaired) electrons. The van der Waals surface area contributed by atoms with Crippen LogP contribution in [0.4, 0.5) is 9.39 Å². The second-order valence-electron chi connectivity index (χ2n) is 7.60. The molecule has 4 aromatic rings. The Bertz CT molecular complexity index is 1230. The van der Waals surface area contributed by atoms with E-state index in [1.165, 1.54) is 34.3 Å². The van der Waals surface area contributed by atoms with E-state index in [0.717, 1.165) is 56.7 Å². The number of amides is 1. The molecule has 0 bridgehead atoms. The number of hydrogen-bond acceptors (Lipinski definition) is 6. The Morgan fingerprint density at radius 1 is 1.19 bits per heavy atom. The Morgan fingerprint density at radius 2 is 2.00 bits per heavy atom. The van der Waals surface area contributed by atoms with Crippen LogP contribution < -0.4 is 5.32 Å². The maximum atomic E-state index is 13.1. The monoisotopic (exact) mass is 483 g/mol. The van der Waals surface area contributed by atoms with Crippen LogP contribution in [0.5, 0.6) is 0 Å². The summed E-state index contributed by atoms with van der Waals surface area (Å²) in [5.41, 5.74) is 3.39. The summed E-state index contributed by atoms with van der Waals surface area (Å²) in [7, 11) is 0. The van der Waals surface area contributed by atoms with Crippen LogP contribution in [0.3, 0.4) is 0 Å². The van der Waals surface area contributed by atoms with Crippen LogP contribution in [0.1, 0.15) is 17.4 Å². The molecule has 32 heavy (non-hydrogen) atoms. The standard InChI is InChI=1S/C24H22FN3OS3/c1-2-28-12-11-17-20(13-28)32-24(22(17)23-26-18-5-3-4-6-19(18)31-23)27-21(29)14-30-16-9-7-15(25)8-10-16/h3-10H,2,11-14H2,1H3,(H,27,29). The van der Waals surface area contributed by atoms with Crippen molar-refractivity contribution in [1.82, 2.24) is 9.88 Å². The first kappa shape index (κ1) is 21.6. The Morgan fingerprint density at radius 3 is 2.78 bits per heavy atom. The summed E-state index contributed by atoms with van der Waals surface area (Å²) in [6.45, 7) is 5.13. The fourth-order valence-electron chi connectivity index (χ4n) is 3.86. The summed E-state index contributed by atoms with van der Waals surface area (Å²) in [5, 5.41) is 5.01. The molecule has 164 valence electrons. The van der Waals surface area contributed by atoms with Crippen molar-refractivity contribution in [3.63, 3.8) is 0 Å².